The first-order valence-electron chi connectivity index (χ1n) is 4.90. The second-order valence-corrected chi connectivity index (χ2v) is 3.90. The molecule has 3 heteroatoms. The summed E-state index contributed by atoms with van der Waals surface area (Å²) in [7, 11) is 0. The highest BCUT2D eigenvalue weighted by molar-refractivity contribution is 6.16. The van der Waals surface area contributed by atoms with Gasteiger partial charge in [-0.3, -0.25) is 0 Å². The van der Waals surface area contributed by atoms with E-state index in [0.29, 0.717) is 5.88 Å². The standard InChI is InChI=1S/C12H13ClN2/c1-10-3-2-4-11(5-10)8-15-9-14-7-12(15)6-13/h2-5,7,9H,6,8H2,1H3. The first-order valence-corrected chi connectivity index (χ1v) is 5.43. The molecule has 78 valence electrons. The summed E-state index contributed by atoms with van der Waals surface area (Å²) in [6.07, 6.45) is 3.63. The number of hydrogen-bond donors (Lipinski definition) is 0. The molecule has 0 bridgehead atoms. The van der Waals surface area contributed by atoms with Crippen LogP contribution >= 0.6 is 11.6 Å². The molecule has 1 aromatic heterocycles. The largest absolute Gasteiger partial charge is 0.329 e. The van der Waals surface area contributed by atoms with E-state index in [4.69, 9.17) is 11.6 Å². The van der Waals surface area contributed by atoms with Crippen molar-refractivity contribution in [2.45, 2.75) is 19.3 Å². The van der Waals surface area contributed by atoms with Gasteiger partial charge >= 0.3 is 0 Å². The minimum atomic E-state index is 0.506. The van der Waals surface area contributed by atoms with Crippen molar-refractivity contribution in [1.29, 1.82) is 0 Å². The van der Waals surface area contributed by atoms with Crippen LogP contribution in [0.2, 0.25) is 0 Å². The number of imidazole rings is 1. The number of hydrogen-bond acceptors (Lipinski definition) is 1. The Morgan fingerprint density at radius 2 is 2.27 bits per heavy atom. The van der Waals surface area contributed by atoms with Crippen LogP contribution in [0.1, 0.15) is 16.8 Å². The van der Waals surface area contributed by atoms with Crippen LogP contribution in [0.3, 0.4) is 0 Å². The van der Waals surface area contributed by atoms with Crippen LogP contribution in [0.25, 0.3) is 0 Å². The molecule has 1 heterocycles. The molecule has 0 aliphatic rings. The minimum absolute atomic E-state index is 0.506. The highest BCUT2D eigenvalue weighted by atomic mass is 35.5. The summed E-state index contributed by atoms with van der Waals surface area (Å²) < 4.78 is 2.07. The van der Waals surface area contributed by atoms with Crippen LogP contribution < -0.4 is 0 Å². The Hall–Kier alpha value is -1.28. The molecule has 0 spiro atoms. The molecule has 15 heavy (non-hydrogen) atoms. The van der Waals surface area contributed by atoms with E-state index >= 15 is 0 Å². The van der Waals surface area contributed by atoms with Crippen molar-refractivity contribution in [2.75, 3.05) is 0 Å². The lowest BCUT2D eigenvalue weighted by Gasteiger charge is -2.06. The first-order chi connectivity index (χ1) is 7.29. The molecular formula is C12H13ClN2. The van der Waals surface area contributed by atoms with Crippen molar-refractivity contribution in [3.63, 3.8) is 0 Å². The summed E-state index contributed by atoms with van der Waals surface area (Å²) in [4.78, 5) is 4.09. The Balaban J connectivity index is 2.22. The molecule has 0 radical (unpaired) electrons. The Bertz CT molecular complexity index is 448. The van der Waals surface area contributed by atoms with Gasteiger partial charge in [0, 0.05) is 12.7 Å². The second-order valence-electron chi connectivity index (χ2n) is 3.64. The van der Waals surface area contributed by atoms with E-state index in [1.165, 1.54) is 11.1 Å². The van der Waals surface area contributed by atoms with E-state index in [1.807, 2.05) is 12.5 Å². The van der Waals surface area contributed by atoms with Gasteiger partial charge in [0.25, 0.3) is 0 Å². The number of nitrogens with zero attached hydrogens (tertiary/aromatic N) is 2. The molecule has 2 rings (SSSR count). The van der Waals surface area contributed by atoms with Crippen molar-refractivity contribution in [3.8, 4) is 0 Å². The van der Waals surface area contributed by atoms with E-state index in [9.17, 15) is 0 Å². The number of alkyl halides is 1. The van der Waals surface area contributed by atoms with E-state index in [2.05, 4.69) is 40.7 Å². The van der Waals surface area contributed by atoms with Crippen LogP contribution in [-0.4, -0.2) is 9.55 Å². The molecule has 0 atom stereocenters. The summed E-state index contributed by atoms with van der Waals surface area (Å²) in [5, 5.41) is 0. The van der Waals surface area contributed by atoms with E-state index in [1.54, 1.807) is 0 Å². The van der Waals surface area contributed by atoms with Gasteiger partial charge < -0.3 is 4.57 Å². The lowest BCUT2D eigenvalue weighted by atomic mass is 10.1. The smallest absolute Gasteiger partial charge is 0.0951 e. The third-order valence-electron chi connectivity index (χ3n) is 2.37. The lowest BCUT2D eigenvalue weighted by molar-refractivity contribution is 0.764. The molecule has 0 unspecified atom stereocenters. The van der Waals surface area contributed by atoms with Gasteiger partial charge in [-0.2, -0.15) is 0 Å². The molecule has 0 fully saturated rings. The summed E-state index contributed by atoms with van der Waals surface area (Å²) in [5.41, 5.74) is 3.61. The van der Waals surface area contributed by atoms with Crippen LogP contribution in [0, 0.1) is 6.92 Å². The van der Waals surface area contributed by atoms with Crippen LogP contribution in [0.5, 0.6) is 0 Å². The lowest BCUT2D eigenvalue weighted by Crippen LogP contribution is -2.01. The van der Waals surface area contributed by atoms with Gasteiger partial charge in [0.15, 0.2) is 0 Å². The molecule has 0 N–H and O–H groups in total. The predicted octanol–water partition coefficient (Wildman–Crippen LogP) is 2.98. The number of benzene rings is 1. The topological polar surface area (TPSA) is 17.8 Å². The Kier molecular flexibility index (Phi) is 3.07. The summed E-state index contributed by atoms with van der Waals surface area (Å²) in [6, 6.07) is 8.46. The normalized spacial score (nSPS) is 10.5. The highest BCUT2D eigenvalue weighted by Crippen LogP contribution is 2.09. The van der Waals surface area contributed by atoms with Gasteiger partial charge in [-0.05, 0) is 12.5 Å². The van der Waals surface area contributed by atoms with Crippen LogP contribution in [-0.2, 0) is 12.4 Å². The van der Waals surface area contributed by atoms with Gasteiger partial charge in [0.05, 0.1) is 17.9 Å². The second kappa shape index (κ2) is 4.49. The fraction of sp³-hybridized carbons (Fsp3) is 0.250. The summed E-state index contributed by atoms with van der Waals surface area (Å²) in [6.45, 7) is 2.93. The SMILES string of the molecule is Cc1cccc(Cn2cncc2CCl)c1. The third-order valence-corrected chi connectivity index (χ3v) is 2.64. The molecular weight excluding hydrogens is 208 g/mol. The molecule has 2 aromatic rings. The number of aromatic nitrogens is 2. The van der Waals surface area contributed by atoms with Crippen molar-refractivity contribution in [2.24, 2.45) is 0 Å². The summed E-state index contributed by atoms with van der Waals surface area (Å²) in [5.74, 6) is 0.506. The molecule has 0 amide bonds. The van der Waals surface area contributed by atoms with E-state index in [0.717, 1.165) is 12.2 Å². The quantitative estimate of drug-likeness (QED) is 0.728. The zero-order chi connectivity index (χ0) is 10.7. The third kappa shape index (κ3) is 2.39. The summed E-state index contributed by atoms with van der Waals surface area (Å²) >= 11 is 5.81. The molecule has 1 aromatic carbocycles. The molecule has 0 saturated heterocycles. The monoisotopic (exact) mass is 220 g/mol. The Labute approximate surface area is 94.5 Å². The average Bonchev–Trinajstić information content (AvgIpc) is 2.65. The fourth-order valence-electron chi connectivity index (χ4n) is 1.61. The maximum absolute atomic E-state index is 5.81. The maximum Gasteiger partial charge on any atom is 0.0951 e. The highest BCUT2D eigenvalue weighted by Gasteiger charge is 2.01. The molecule has 0 saturated carbocycles. The van der Waals surface area contributed by atoms with Gasteiger partial charge in [0.1, 0.15) is 0 Å². The minimum Gasteiger partial charge on any atom is -0.329 e. The zero-order valence-corrected chi connectivity index (χ0v) is 9.41. The van der Waals surface area contributed by atoms with E-state index in [-0.39, 0.29) is 0 Å². The van der Waals surface area contributed by atoms with Crippen LogP contribution in [0.4, 0.5) is 0 Å². The van der Waals surface area contributed by atoms with Gasteiger partial charge in [-0.15, -0.1) is 11.6 Å². The van der Waals surface area contributed by atoms with Crippen molar-refractivity contribution >= 4 is 11.6 Å². The van der Waals surface area contributed by atoms with Gasteiger partial charge in [-0.1, -0.05) is 29.8 Å². The van der Waals surface area contributed by atoms with Crippen molar-refractivity contribution in [1.82, 2.24) is 9.55 Å². The van der Waals surface area contributed by atoms with Crippen molar-refractivity contribution < 1.29 is 0 Å². The Morgan fingerprint density at radius 3 is 3.00 bits per heavy atom. The Morgan fingerprint density at radius 1 is 1.40 bits per heavy atom. The predicted molar refractivity (Wildman–Crippen MR) is 62.1 cm³/mol. The molecule has 2 nitrogen and oxygen atoms in total. The van der Waals surface area contributed by atoms with E-state index < -0.39 is 0 Å². The fourth-order valence-corrected chi connectivity index (χ4v) is 1.83. The van der Waals surface area contributed by atoms with Crippen LogP contribution in [0.15, 0.2) is 36.8 Å². The number of aryl methyl sites for hydroxylation is 1. The average molecular weight is 221 g/mol. The first kappa shape index (κ1) is 10.2. The maximum atomic E-state index is 5.81. The van der Waals surface area contributed by atoms with Gasteiger partial charge in [-0.25, -0.2) is 4.98 Å². The zero-order valence-electron chi connectivity index (χ0n) is 8.65. The number of halogens is 1. The van der Waals surface area contributed by atoms with Gasteiger partial charge in [0.2, 0.25) is 0 Å². The molecule has 0 aliphatic heterocycles. The van der Waals surface area contributed by atoms with Crippen molar-refractivity contribution in [3.05, 3.63) is 53.6 Å². The molecule has 0 aliphatic carbocycles. The number of rotatable bonds is 3.